The minimum atomic E-state index is 0.224. The zero-order valence-corrected chi connectivity index (χ0v) is 7.55. The molecule has 0 saturated carbocycles. The predicted molar refractivity (Wildman–Crippen MR) is 48.8 cm³/mol. The van der Waals surface area contributed by atoms with Crippen LogP contribution in [-0.4, -0.2) is 37.5 Å². The molecule has 1 rings (SSSR count). The average Bonchev–Trinajstić information content (AvgIpc) is 1.97. The minimum absolute atomic E-state index is 0.224. The summed E-state index contributed by atoms with van der Waals surface area (Å²) in [5.74, 6) is 0.783. The third-order valence-electron chi connectivity index (χ3n) is 2.16. The summed E-state index contributed by atoms with van der Waals surface area (Å²) >= 11 is 0. The summed E-state index contributed by atoms with van der Waals surface area (Å²) in [6, 6.07) is 0. The number of nitrogens with one attached hydrogen (secondary N) is 1. The van der Waals surface area contributed by atoms with E-state index < -0.39 is 0 Å². The van der Waals surface area contributed by atoms with Gasteiger partial charge in [0.1, 0.15) is 0 Å². The van der Waals surface area contributed by atoms with Gasteiger partial charge >= 0.3 is 0 Å². The van der Waals surface area contributed by atoms with E-state index in [4.69, 9.17) is 0 Å². The Kier molecular flexibility index (Phi) is 3.29. The van der Waals surface area contributed by atoms with Gasteiger partial charge in [-0.1, -0.05) is 6.08 Å². The summed E-state index contributed by atoms with van der Waals surface area (Å²) in [5, 5.41) is 3.15. The Morgan fingerprint density at radius 2 is 2.42 bits per heavy atom. The second-order valence-corrected chi connectivity index (χ2v) is 3.29. The fraction of sp³-hybridized carbons (Fsp3) is 0.667. The number of likely N-dealkylation sites (N-methyl/N-ethyl adjacent to an activating group) is 1. The topological polar surface area (TPSA) is 32.3 Å². The highest BCUT2D eigenvalue weighted by molar-refractivity contribution is 5.76. The van der Waals surface area contributed by atoms with Crippen molar-refractivity contribution in [2.24, 2.45) is 5.92 Å². The molecule has 0 aliphatic carbocycles. The van der Waals surface area contributed by atoms with Crippen LogP contribution in [0.3, 0.4) is 0 Å². The largest absolute Gasteiger partial charge is 0.342 e. The maximum absolute atomic E-state index is 11.4. The Balaban J connectivity index is 2.21. The second-order valence-electron chi connectivity index (χ2n) is 3.29. The van der Waals surface area contributed by atoms with Crippen molar-refractivity contribution >= 4 is 5.91 Å². The molecule has 3 heteroatoms. The van der Waals surface area contributed by atoms with Crippen LogP contribution < -0.4 is 5.32 Å². The normalized spacial score (nSPS) is 16.8. The quantitative estimate of drug-likeness (QED) is 0.610. The zero-order chi connectivity index (χ0) is 8.97. The van der Waals surface area contributed by atoms with Crippen molar-refractivity contribution in [1.82, 2.24) is 10.2 Å². The lowest BCUT2D eigenvalue weighted by atomic mass is 9.99. The van der Waals surface area contributed by atoms with Crippen LogP contribution in [-0.2, 0) is 4.79 Å². The highest BCUT2D eigenvalue weighted by Crippen LogP contribution is 2.09. The van der Waals surface area contributed by atoms with E-state index in [0.717, 1.165) is 13.1 Å². The first kappa shape index (κ1) is 9.26. The van der Waals surface area contributed by atoms with Gasteiger partial charge in [0.15, 0.2) is 0 Å². The van der Waals surface area contributed by atoms with Gasteiger partial charge in [0.25, 0.3) is 0 Å². The fourth-order valence-electron chi connectivity index (χ4n) is 1.19. The van der Waals surface area contributed by atoms with E-state index in [2.05, 4.69) is 11.9 Å². The van der Waals surface area contributed by atoms with Crippen molar-refractivity contribution in [3.05, 3.63) is 12.7 Å². The molecule has 1 aliphatic rings. The predicted octanol–water partition coefficient (Wildman–Crippen LogP) is 0.240. The molecule has 0 unspecified atom stereocenters. The molecule has 1 aliphatic heterocycles. The maximum Gasteiger partial charge on any atom is 0.222 e. The Morgan fingerprint density at radius 1 is 1.75 bits per heavy atom. The van der Waals surface area contributed by atoms with Gasteiger partial charge in [-0.05, 0) is 19.0 Å². The lowest BCUT2D eigenvalue weighted by Gasteiger charge is -2.28. The first-order chi connectivity index (χ1) is 5.74. The highest BCUT2D eigenvalue weighted by Gasteiger charge is 2.21. The number of carbonyl (C=O) groups is 1. The molecular formula is C9H16N2O. The Labute approximate surface area is 73.4 Å². The molecule has 0 aromatic rings. The molecule has 1 amide bonds. The standard InChI is InChI=1S/C9H16N2O/c1-3-4-11(2)9(12)5-8-6-10-7-8/h3,8,10H,1,4-7H2,2H3. The highest BCUT2D eigenvalue weighted by atomic mass is 16.2. The molecule has 12 heavy (non-hydrogen) atoms. The molecule has 0 bridgehead atoms. The first-order valence-electron chi connectivity index (χ1n) is 4.29. The molecule has 0 radical (unpaired) electrons. The summed E-state index contributed by atoms with van der Waals surface area (Å²) < 4.78 is 0. The Hall–Kier alpha value is -0.830. The lowest BCUT2D eigenvalue weighted by Crippen LogP contribution is -2.44. The van der Waals surface area contributed by atoms with Crippen molar-refractivity contribution in [2.75, 3.05) is 26.7 Å². The van der Waals surface area contributed by atoms with Crippen LogP contribution in [0.15, 0.2) is 12.7 Å². The number of nitrogens with zero attached hydrogens (tertiary/aromatic N) is 1. The van der Waals surface area contributed by atoms with Crippen molar-refractivity contribution in [2.45, 2.75) is 6.42 Å². The molecule has 1 heterocycles. The fourth-order valence-corrected chi connectivity index (χ4v) is 1.19. The third-order valence-corrected chi connectivity index (χ3v) is 2.16. The molecular weight excluding hydrogens is 152 g/mol. The van der Waals surface area contributed by atoms with Gasteiger partial charge in [0, 0.05) is 20.0 Å². The van der Waals surface area contributed by atoms with E-state index in [1.807, 2.05) is 7.05 Å². The van der Waals surface area contributed by atoms with Crippen molar-refractivity contribution in [3.63, 3.8) is 0 Å². The molecule has 0 spiro atoms. The number of hydrogen-bond donors (Lipinski definition) is 1. The molecule has 0 aromatic carbocycles. The molecule has 68 valence electrons. The van der Waals surface area contributed by atoms with Crippen LogP contribution in [0.2, 0.25) is 0 Å². The Morgan fingerprint density at radius 3 is 2.83 bits per heavy atom. The van der Waals surface area contributed by atoms with E-state index in [-0.39, 0.29) is 5.91 Å². The van der Waals surface area contributed by atoms with Gasteiger partial charge in [-0.25, -0.2) is 0 Å². The molecule has 3 nitrogen and oxygen atoms in total. The van der Waals surface area contributed by atoms with Crippen molar-refractivity contribution in [3.8, 4) is 0 Å². The third kappa shape index (κ3) is 2.34. The molecule has 1 N–H and O–H groups in total. The van der Waals surface area contributed by atoms with E-state index >= 15 is 0 Å². The smallest absolute Gasteiger partial charge is 0.222 e. The Bertz CT molecular complexity index is 175. The molecule has 1 fully saturated rings. The van der Waals surface area contributed by atoms with Crippen LogP contribution >= 0.6 is 0 Å². The van der Waals surface area contributed by atoms with Crippen LogP contribution in [0.4, 0.5) is 0 Å². The van der Waals surface area contributed by atoms with E-state index in [9.17, 15) is 4.79 Å². The van der Waals surface area contributed by atoms with Gasteiger partial charge in [-0.2, -0.15) is 0 Å². The number of carbonyl (C=O) groups excluding carboxylic acids is 1. The van der Waals surface area contributed by atoms with Gasteiger partial charge in [-0.3, -0.25) is 4.79 Å². The number of rotatable bonds is 4. The van der Waals surface area contributed by atoms with Crippen LogP contribution in [0, 0.1) is 5.92 Å². The SMILES string of the molecule is C=CCN(C)C(=O)CC1CNC1. The summed E-state index contributed by atoms with van der Waals surface area (Å²) in [6.45, 7) is 6.23. The van der Waals surface area contributed by atoms with E-state index in [1.54, 1.807) is 11.0 Å². The summed E-state index contributed by atoms with van der Waals surface area (Å²) in [7, 11) is 1.82. The summed E-state index contributed by atoms with van der Waals surface area (Å²) in [5.41, 5.74) is 0. The van der Waals surface area contributed by atoms with Crippen LogP contribution in [0.5, 0.6) is 0 Å². The van der Waals surface area contributed by atoms with Crippen LogP contribution in [0.25, 0.3) is 0 Å². The molecule has 1 saturated heterocycles. The number of amides is 1. The summed E-state index contributed by atoms with van der Waals surface area (Å²) in [4.78, 5) is 13.1. The van der Waals surface area contributed by atoms with E-state index in [0.29, 0.717) is 18.9 Å². The zero-order valence-electron chi connectivity index (χ0n) is 7.55. The van der Waals surface area contributed by atoms with Crippen molar-refractivity contribution in [1.29, 1.82) is 0 Å². The average molecular weight is 168 g/mol. The van der Waals surface area contributed by atoms with Gasteiger partial charge in [-0.15, -0.1) is 6.58 Å². The maximum atomic E-state index is 11.4. The molecule has 0 aromatic heterocycles. The number of hydrogen-bond acceptors (Lipinski definition) is 2. The van der Waals surface area contributed by atoms with Gasteiger partial charge in [0.05, 0.1) is 0 Å². The summed E-state index contributed by atoms with van der Waals surface area (Å²) in [6.07, 6.45) is 2.42. The van der Waals surface area contributed by atoms with Gasteiger partial charge in [0.2, 0.25) is 5.91 Å². The first-order valence-corrected chi connectivity index (χ1v) is 4.29. The lowest BCUT2D eigenvalue weighted by molar-refractivity contribution is -0.130. The van der Waals surface area contributed by atoms with Crippen molar-refractivity contribution < 1.29 is 4.79 Å². The van der Waals surface area contributed by atoms with Crippen LogP contribution in [0.1, 0.15) is 6.42 Å². The molecule has 0 atom stereocenters. The van der Waals surface area contributed by atoms with E-state index in [1.165, 1.54) is 0 Å². The minimum Gasteiger partial charge on any atom is -0.342 e. The monoisotopic (exact) mass is 168 g/mol. The second kappa shape index (κ2) is 4.26. The van der Waals surface area contributed by atoms with Gasteiger partial charge < -0.3 is 10.2 Å².